The predicted molar refractivity (Wildman–Crippen MR) is 71.1 cm³/mol. The first-order valence-electron chi connectivity index (χ1n) is 6.90. The molecule has 1 aromatic rings. The van der Waals surface area contributed by atoms with E-state index < -0.39 is 0 Å². The van der Waals surface area contributed by atoms with Crippen LogP contribution in [0, 0.1) is 5.92 Å². The van der Waals surface area contributed by atoms with E-state index >= 15 is 0 Å². The fraction of sp³-hybridized carbons (Fsp3) is 0.562. The lowest BCUT2D eigenvalue weighted by Crippen LogP contribution is -2.11. The fourth-order valence-corrected chi connectivity index (χ4v) is 2.66. The molecule has 0 aromatic heterocycles. The summed E-state index contributed by atoms with van der Waals surface area (Å²) >= 11 is 0. The molecule has 0 bridgehead atoms. The molecule has 1 saturated carbocycles. The second kappa shape index (κ2) is 6.00. The van der Waals surface area contributed by atoms with Crippen LogP contribution < -0.4 is 0 Å². The van der Waals surface area contributed by atoms with Gasteiger partial charge < -0.3 is 0 Å². The molecule has 1 nitrogen and oxygen atoms in total. The maximum atomic E-state index is 11.9. The van der Waals surface area contributed by atoms with Gasteiger partial charge in [0, 0.05) is 12.3 Å². The minimum Gasteiger partial charge on any atom is -0.299 e. The molecule has 0 spiro atoms. The van der Waals surface area contributed by atoms with Crippen LogP contribution in [0.5, 0.6) is 0 Å². The third kappa shape index (κ3) is 3.42. The van der Waals surface area contributed by atoms with Gasteiger partial charge in [-0.2, -0.15) is 0 Å². The molecule has 0 radical (unpaired) electrons. The van der Waals surface area contributed by atoms with E-state index in [0.717, 1.165) is 32.1 Å². The van der Waals surface area contributed by atoms with Crippen molar-refractivity contribution in [2.24, 2.45) is 5.92 Å². The van der Waals surface area contributed by atoms with E-state index in [1.165, 1.54) is 24.0 Å². The van der Waals surface area contributed by atoms with Crippen LogP contribution in [0.3, 0.4) is 0 Å². The Kier molecular flexibility index (Phi) is 4.36. The molecular weight excluding hydrogens is 208 g/mol. The highest BCUT2D eigenvalue weighted by Crippen LogP contribution is 2.26. The summed E-state index contributed by atoms with van der Waals surface area (Å²) < 4.78 is 0. The summed E-state index contributed by atoms with van der Waals surface area (Å²) in [6.07, 6.45) is 7.50. The van der Waals surface area contributed by atoms with E-state index in [-0.39, 0.29) is 0 Å². The normalized spacial score (nSPS) is 16.3. The molecule has 1 heteroatoms. The highest BCUT2D eigenvalue weighted by molar-refractivity contribution is 5.81. The number of carbonyl (C=O) groups is 1. The maximum Gasteiger partial charge on any atom is 0.136 e. The average molecular weight is 230 g/mol. The zero-order valence-electron chi connectivity index (χ0n) is 10.7. The molecule has 0 aliphatic heterocycles. The lowest BCUT2D eigenvalue weighted by molar-refractivity contribution is -0.122. The third-order valence-electron chi connectivity index (χ3n) is 3.90. The van der Waals surface area contributed by atoms with Crippen LogP contribution in [-0.2, 0) is 17.6 Å². The van der Waals surface area contributed by atoms with Crippen LogP contribution in [0.15, 0.2) is 24.3 Å². The smallest absolute Gasteiger partial charge is 0.136 e. The monoisotopic (exact) mass is 230 g/mol. The molecule has 17 heavy (non-hydrogen) atoms. The Morgan fingerprint density at radius 3 is 2.29 bits per heavy atom. The van der Waals surface area contributed by atoms with E-state index in [2.05, 4.69) is 31.2 Å². The SMILES string of the molecule is CCc1ccc(CCC(=O)C2CCCC2)cc1. The van der Waals surface area contributed by atoms with Crippen molar-refractivity contribution >= 4 is 5.78 Å². The van der Waals surface area contributed by atoms with Crippen molar-refractivity contribution in [2.45, 2.75) is 51.9 Å². The number of ketones is 1. The predicted octanol–water partition coefficient (Wildman–Crippen LogP) is 3.94. The summed E-state index contributed by atoms with van der Waals surface area (Å²) in [7, 11) is 0. The van der Waals surface area contributed by atoms with E-state index in [1.807, 2.05) is 0 Å². The van der Waals surface area contributed by atoms with Crippen LogP contribution in [0.4, 0.5) is 0 Å². The van der Waals surface area contributed by atoms with Crippen molar-refractivity contribution in [3.05, 3.63) is 35.4 Å². The first-order valence-corrected chi connectivity index (χ1v) is 6.90. The van der Waals surface area contributed by atoms with Crippen LogP contribution >= 0.6 is 0 Å². The summed E-state index contributed by atoms with van der Waals surface area (Å²) in [6.45, 7) is 2.17. The van der Waals surface area contributed by atoms with E-state index in [0.29, 0.717) is 11.7 Å². The topological polar surface area (TPSA) is 17.1 Å². The average Bonchev–Trinajstić information content (AvgIpc) is 2.90. The minimum absolute atomic E-state index is 0.380. The Bertz CT molecular complexity index is 358. The molecule has 0 N–H and O–H groups in total. The second-order valence-corrected chi connectivity index (χ2v) is 5.12. The van der Waals surface area contributed by atoms with E-state index in [1.54, 1.807) is 0 Å². The van der Waals surface area contributed by atoms with Gasteiger partial charge in [0.15, 0.2) is 0 Å². The van der Waals surface area contributed by atoms with Gasteiger partial charge in [0.2, 0.25) is 0 Å². The molecule has 0 atom stereocenters. The summed E-state index contributed by atoms with van der Waals surface area (Å²) in [5, 5.41) is 0. The summed E-state index contributed by atoms with van der Waals surface area (Å²) in [5.74, 6) is 0.868. The van der Waals surface area contributed by atoms with Crippen molar-refractivity contribution in [1.82, 2.24) is 0 Å². The standard InChI is InChI=1S/C16H22O/c1-2-13-7-9-14(10-8-13)11-12-16(17)15-5-3-4-6-15/h7-10,15H,2-6,11-12H2,1H3. The molecule has 0 unspecified atom stereocenters. The van der Waals surface area contributed by atoms with E-state index in [4.69, 9.17) is 0 Å². The van der Waals surface area contributed by atoms with Gasteiger partial charge in [-0.25, -0.2) is 0 Å². The van der Waals surface area contributed by atoms with Crippen LogP contribution in [-0.4, -0.2) is 5.78 Å². The van der Waals surface area contributed by atoms with Gasteiger partial charge in [0.05, 0.1) is 0 Å². The van der Waals surface area contributed by atoms with Gasteiger partial charge in [-0.1, -0.05) is 44.0 Å². The van der Waals surface area contributed by atoms with Gasteiger partial charge in [0.1, 0.15) is 5.78 Å². The van der Waals surface area contributed by atoms with Gasteiger partial charge >= 0.3 is 0 Å². The molecule has 92 valence electrons. The molecule has 0 heterocycles. The first-order chi connectivity index (χ1) is 8.29. The number of Topliss-reactive ketones (excluding diaryl/α,β-unsaturated/α-hetero) is 1. The van der Waals surface area contributed by atoms with Crippen molar-refractivity contribution < 1.29 is 4.79 Å². The Morgan fingerprint density at radius 1 is 1.12 bits per heavy atom. The fourth-order valence-electron chi connectivity index (χ4n) is 2.66. The highest BCUT2D eigenvalue weighted by Gasteiger charge is 2.21. The van der Waals surface area contributed by atoms with Crippen molar-refractivity contribution in [2.75, 3.05) is 0 Å². The van der Waals surface area contributed by atoms with Crippen LogP contribution in [0.25, 0.3) is 0 Å². The molecule has 1 aliphatic carbocycles. The first kappa shape index (κ1) is 12.3. The Hall–Kier alpha value is -1.11. The Labute approximate surface area is 104 Å². The van der Waals surface area contributed by atoms with Crippen molar-refractivity contribution in [3.63, 3.8) is 0 Å². The van der Waals surface area contributed by atoms with Gasteiger partial charge in [-0.15, -0.1) is 0 Å². The third-order valence-corrected chi connectivity index (χ3v) is 3.90. The number of hydrogen-bond donors (Lipinski definition) is 0. The van der Waals surface area contributed by atoms with Crippen molar-refractivity contribution in [3.8, 4) is 0 Å². The molecule has 0 saturated heterocycles. The summed E-state index contributed by atoms with van der Waals surface area (Å²) in [6, 6.07) is 8.69. The minimum atomic E-state index is 0.380. The summed E-state index contributed by atoms with van der Waals surface area (Å²) in [5.41, 5.74) is 2.67. The largest absolute Gasteiger partial charge is 0.299 e. The zero-order chi connectivity index (χ0) is 12.1. The molecule has 0 amide bonds. The maximum absolute atomic E-state index is 11.9. The molecule has 1 aromatic carbocycles. The molecule has 2 rings (SSSR count). The zero-order valence-corrected chi connectivity index (χ0v) is 10.7. The van der Waals surface area contributed by atoms with Gasteiger partial charge in [-0.05, 0) is 36.8 Å². The number of carbonyl (C=O) groups excluding carboxylic acids is 1. The highest BCUT2D eigenvalue weighted by atomic mass is 16.1. The van der Waals surface area contributed by atoms with Crippen LogP contribution in [0.2, 0.25) is 0 Å². The number of hydrogen-bond acceptors (Lipinski definition) is 1. The van der Waals surface area contributed by atoms with E-state index in [9.17, 15) is 4.79 Å². The molecular formula is C16H22O. The van der Waals surface area contributed by atoms with Gasteiger partial charge in [0.25, 0.3) is 0 Å². The van der Waals surface area contributed by atoms with Crippen molar-refractivity contribution in [1.29, 1.82) is 0 Å². The molecule has 1 aliphatic rings. The van der Waals surface area contributed by atoms with Crippen LogP contribution in [0.1, 0.15) is 50.2 Å². The molecule has 1 fully saturated rings. The number of aryl methyl sites for hydroxylation is 2. The lowest BCUT2D eigenvalue weighted by atomic mass is 9.96. The number of rotatable bonds is 5. The Morgan fingerprint density at radius 2 is 1.71 bits per heavy atom. The number of benzene rings is 1. The lowest BCUT2D eigenvalue weighted by Gasteiger charge is -2.07. The second-order valence-electron chi connectivity index (χ2n) is 5.12. The quantitative estimate of drug-likeness (QED) is 0.748. The van der Waals surface area contributed by atoms with Gasteiger partial charge in [-0.3, -0.25) is 4.79 Å². The Balaban J connectivity index is 1.82. The summed E-state index contributed by atoms with van der Waals surface area (Å²) in [4.78, 5) is 11.9.